The zero-order valence-electron chi connectivity index (χ0n) is 11.8. The van der Waals surface area contributed by atoms with E-state index >= 15 is 0 Å². The lowest BCUT2D eigenvalue weighted by molar-refractivity contribution is -0.125. The molecule has 1 aromatic heterocycles. The van der Waals surface area contributed by atoms with E-state index < -0.39 is 0 Å². The number of hydrogen-bond donors (Lipinski definition) is 2. The van der Waals surface area contributed by atoms with Gasteiger partial charge in [-0.25, -0.2) is 4.98 Å². The predicted molar refractivity (Wildman–Crippen MR) is 79.4 cm³/mol. The normalized spacial score (nSPS) is 18.9. The van der Waals surface area contributed by atoms with E-state index in [1.54, 1.807) is 0 Å². The molecule has 0 unspecified atom stereocenters. The summed E-state index contributed by atoms with van der Waals surface area (Å²) in [6.45, 7) is 4.42. The Morgan fingerprint density at radius 1 is 1.32 bits per heavy atom. The molecule has 0 spiro atoms. The maximum absolute atomic E-state index is 12.6. The van der Waals surface area contributed by atoms with Crippen molar-refractivity contribution in [1.29, 1.82) is 0 Å². The first kappa shape index (κ1) is 14.5. The van der Waals surface area contributed by atoms with Gasteiger partial charge in [-0.15, -0.1) is 11.3 Å². The Bertz CT molecular complexity index is 428. The van der Waals surface area contributed by atoms with Gasteiger partial charge in [0.1, 0.15) is 0 Å². The molecule has 0 bridgehead atoms. The highest BCUT2D eigenvalue weighted by Crippen LogP contribution is 2.35. The minimum Gasteiger partial charge on any atom is -0.329 e. The minimum absolute atomic E-state index is 0.0608. The summed E-state index contributed by atoms with van der Waals surface area (Å²) < 4.78 is 0. The van der Waals surface area contributed by atoms with Crippen LogP contribution in [-0.4, -0.2) is 17.4 Å². The molecular formula is C14H23N3OS. The van der Waals surface area contributed by atoms with Crippen LogP contribution in [0.5, 0.6) is 0 Å². The van der Waals surface area contributed by atoms with Crippen LogP contribution in [-0.2, 0) is 4.79 Å². The van der Waals surface area contributed by atoms with Crippen molar-refractivity contribution in [2.45, 2.75) is 52.4 Å². The molecule has 19 heavy (non-hydrogen) atoms. The van der Waals surface area contributed by atoms with Gasteiger partial charge in [0.25, 0.3) is 0 Å². The maximum atomic E-state index is 12.6. The second kappa shape index (κ2) is 6.01. The van der Waals surface area contributed by atoms with E-state index in [2.05, 4.69) is 10.3 Å². The highest BCUT2D eigenvalue weighted by molar-refractivity contribution is 7.15. The summed E-state index contributed by atoms with van der Waals surface area (Å²) in [7, 11) is 0. The number of nitrogens with two attached hydrogens (primary N) is 1. The SMILES string of the molecule is Cc1nc(NC(=O)C2(CN)CCCCCC2)sc1C. The van der Waals surface area contributed by atoms with Crippen molar-refractivity contribution in [2.24, 2.45) is 11.1 Å². The second-order valence-electron chi connectivity index (χ2n) is 5.51. The molecule has 0 radical (unpaired) electrons. The van der Waals surface area contributed by atoms with Gasteiger partial charge in [0.15, 0.2) is 5.13 Å². The van der Waals surface area contributed by atoms with Crippen LogP contribution in [0.4, 0.5) is 5.13 Å². The fourth-order valence-corrected chi connectivity index (χ4v) is 3.49. The lowest BCUT2D eigenvalue weighted by Gasteiger charge is -2.29. The molecule has 5 heteroatoms. The van der Waals surface area contributed by atoms with Crippen LogP contribution in [0, 0.1) is 19.3 Å². The van der Waals surface area contributed by atoms with Gasteiger partial charge in [-0.05, 0) is 26.7 Å². The molecule has 0 saturated heterocycles. The zero-order valence-corrected chi connectivity index (χ0v) is 12.6. The molecule has 3 N–H and O–H groups in total. The number of carbonyl (C=O) groups excluding carboxylic acids is 1. The Morgan fingerprint density at radius 2 is 1.95 bits per heavy atom. The average Bonchev–Trinajstić information content (AvgIpc) is 2.60. The molecule has 1 heterocycles. The number of hydrogen-bond acceptors (Lipinski definition) is 4. The number of nitrogens with one attached hydrogen (secondary N) is 1. The topological polar surface area (TPSA) is 68.0 Å². The number of aryl methyl sites for hydroxylation is 2. The number of rotatable bonds is 3. The van der Waals surface area contributed by atoms with Gasteiger partial charge in [0.05, 0.1) is 11.1 Å². The molecule has 1 saturated carbocycles. The lowest BCUT2D eigenvalue weighted by Crippen LogP contribution is -2.42. The molecule has 1 amide bonds. The van der Waals surface area contributed by atoms with E-state index in [4.69, 9.17) is 5.73 Å². The summed E-state index contributed by atoms with van der Waals surface area (Å²) >= 11 is 1.54. The first-order chi connectivity index (χ1) is 9.07. The van der Waals surface area contributed by atoms with Crippen LogP contribution < -0.4 is 11.1 Å². The fraction of sp³-hybridized carbons (Fsp3) is 0.714. The Balaban J connectivity index is 2.11. The highest BCUT2D eigenvalue weighted by Gasteiger charge is 2.37. The third-order valence-corrected chi connectivity index (χ3v) is 5.17. The van der Waals surface area contributed by atoms with E-state index in [1.807, 2.05) is 13.8 Å². The predicted octanol–water partition coefficient (Wildman–Crippen LogP) is 3.00. The van der Waals surface area contributed by atoms with Gasteiger partial charge in [-0.3, -0.25) is 4.79 Å². The lowest BCUT2D eigenvalue weighted by atomic mass is 9.79. The molecule has 0 aromatic carbocycles. The number of nitrogens with zero attached hydrogens (tertiary/aromatic N) is 1. The van der Waals surface area contributed by atoms with Crippen LogP contribution >= 0.6 is 11.3 Å². The van der Waals surface area contributed by atoms with E-state index in [-0.39, 0.29) is 11.3 Å². The van der Waals surface area contributed by atoms with Crippen molar-refractivity contribution in [2.75, 3.05) is 11.9 Å². The molecule has 2 rings (SSSR count). The molecule has 0 aliphatic heterocycles. The summed E-state index contributed by atoms with van der Waals surface area (Å²) in [4.78, 5) is 18.1. The Morgan fingerprint density at radius 3 is 2.42 bits per heavy atom. The Kier molecular flexibility index (Phi) is 4.58. The van der Waals surface area contributed by atoms with Crippen LogP contribution in [0.1, 0.15) is 49.1 Å². The molecule has 1 aliphatic carbocycles. The van der Waals surface area contributed by atoms with Gasteiger partial charge >= 0.3 is 0 Å². The van der Waals surface area contributed by atoms with E-state index in [0.717, 1.165) is 36.3 Å². The molecule has 106 valence electrons. The number of aromatic nitrogens is 1. The second-order valence-corrected chi connectivity index (χ2v) is 6.72. The Hall–Kier alpha value is -0.940. The monoisotopic (exact) mass is 281 g/mol. The smallest absolute Gasteiger partial charge is 0.233 e. The van der Waals surface area contributed by atoms with Gasteiger partial charge in [0.2, 0.25) is 5.91 Å². The third kappa shape index (κ3) is 3.15. The highest BCUT2D eigenvalue weighted by atomic mass is 32.1. The summed E-state index contributed by atoms with van der Waals surface area (Å²) in [5.74, 6) is 0.0608. The molecule has 0 atom stereocenters. The summed E-state index contributed by atoms with van der Waals surface area (Å²) in [6, 6.07) is 0. The maximum Gasteiger partial charge on any atom is 0.233 e. The van der Waals surface area contributed by atoms with Gasteiger partial charge in [-0.2, -0.15) is 0 Å². The first-order valence-electron chi connectivity index (χ1n) is 7.03. The molecule has 1 fully saturated rings. The van der Waals surface area contributed by atoms with E-state index in [0.29, 0.717) is 11.7 Å². The summed E-state index contributed by atoms with van der Waals surface area (Å²) in [6.07, 6.45) is 6.42. The fourth-order valence-electron chi connectivity index (χ4n) is 2.69. The molecule has 1 aliphatic rings. The number of thiazole rings is 1. The van der Waals surface area contributed by atoms with Crippen molar-refractivity contribution in [3.63, 3.8) is 0 Å². The summed E-state index contributed by atoms with van der Waals surface area (Å²) in [5, 5.41) is 3.69. The number of carbonyl (C=O) groups is 1. The number of anilines is 1. The molecule has 1 aromatic rings. The standard InChI is InChI=1S/C14H23N3OS/c1-10-11(2)19-13(16-10)17-12(18)14(9-15)7-5-3-4-6-8-14/h3-9,15H2,1-2H3,(H,16,17,18). The van der Waals surface area contributed by atoms with Gasteiger partial charge < -0.3 is 11.1 Å². The zero-order chi connectivity index (χ0) is 13.9. The minimum atomic E-state index is -0.385. The first-order valence-corrected chi connectivity index (χ1v) is 7.84. The van der Waals surface area contributed by atoms with E-state index in [1.165, 1.54) is 24.2 Å². The van der Waals surface area contributed by atoms with Gasteiger partial charge in [-0.1, -0.05) is 25.7 Å². The van der Waals surface area contributed by atoms with Crippen molar-refractivity contribution < 1.29 is 4.79 Å². The van der Waals surface area contributed by atoms with Crippen molar-refractivity contribution in [3.05, 3.63) is 10.6 Å². The van der Waals surface area contributed by atoms with Crippen molar-refractivity contribution >= 4 is 22.4 Å². The largest absolute Gasteiger partial charge is 0.329 e. The van der Waals surface area contributed by atoms with Crippen LogP contribution in [0.3, 0.4) is 0 Å². The third-order valence-electron chi connectivity index (χ3n) is 4.18. The molecule has 4 nitrogen and oxygen atoms in total. The molecular weight excluding hydrogens is 258 g/mol. The quantitative estimate of drug-likeness (QED) is 0.837. The number of amides is 1. The Labute approximate surface area is 118 Å². The average molecular weight is 281 g/mol. The van der Waals surface area contributed by atoms with Crippen molar-refractivity contribution in [3.8, 4) is 0 Å². The van der Waals surface area contributed by atoms with Crippen LogP contribution in [0.2, 0.25) is 0 Å². The van der Waals surface area contributed by atoms with Gasteiger partial charge in [0, 0.05) is 11.4 Å². The summed E-state index contributed by atoms with van der Waals surface area (Å²) in [5.41, 5.74) is 6.52. The van der Waals surface area contributed by atoms with Crippen LogP contribution in [0.15, 0.2) is 0 Å². The van der Waals surface area contributed by atoms with Crippen LogP contribution in [0.25, 0.3) is 0 Å². The van der Waals surface area contributed by atoms with E-state index in [9.17, 15) is 4.79 Å². The van der Waals surface area contributed by atoms with Crippen molar-refractivity contribution in [1.82, 2.24) is 4.98 Å².